The van der Waals surface area contributed by atoms with Crippen molar-refractivity contribution in [3.8, 4) is 0 Å². The minimum absolute atomic E-state index is 0.0496. The second-order valence-electron chi connectivity index (χ2n) is 7.45. The maximum Gasteiger partial charge on any atom is 0.337 e. The van der Waals surface area contributed by atoms with Crippen LogP contribution in [0.2, 0.25) is 0 Å². The van der Waals surface area contributed by atoms with Gasteiger partial charge < -0.3 is 10.1 Å². The molecule has 0 bridgehead atoms. The van der Waals surface area contributed by atoms with Crippen molar-refractivity contribution in [3.63, 3.8) is 0 Å². The summed E-state index contributed by atoms with van der Waals surface area (Å²) in [6, 6.07) is 7.13. The molecule has 1 aromatic rings. The number of esters is 1. The molecule has 1 saturated heterocycles. The molecule has 0 spiro atoms. The van der Waals surface area contributed by atoms with Crippen molar-refractivity contribution in [2.45, 2.75) is 51.0 Å². The number of thioether (sulfide) groups is 1. The Balaban J connectivity index is 1.51. The Bertz CT molecular complexity index is 845. The maximum atomic E-state index is 12.7. The summed E-state index contributed by atoms with van der Waals surface area (Å²) < 4.78 is 5.19. The molecule has 8 heteroatoms. The van der Waals surface area contributed by atoms with Crippen LogP contribution >= 0.6 is 24.0 Å². The Hall–Kier alpha value is -2.19. The van der Waals surface area contributed by atoms with Crippen LogP contribution in [-0.4, -0.2) is 46.7 Å². The average molecular weight is 447 g/mol. The summed E-state index contributed by atoms with van der Waals surface area (Å²) in [5, 5.41) is 3.10. The molecule has 1 aromatic carbocycles. The van der Waals surface area contributed by atoms with Gasteiger partial charge in [-0.1, -0.05) is 55.4 Å². The normalized spacial score (nSPS) is 18.7. The van der Waals surface area contributed by atoms with Gasteiger partial charge in [0.1, 0.15) is 4.32 Å². The number of thiocarbonyl (C=S) groups is 1. The molecule has 0 atom stereocenters. The monoisotopic (exact) mass is 446 g/mol. The summed E-state index contributed by atoms with van der Waals surface area (Å²) in [5.74, 6) is -0.497. The zero-order valence-electron chi connectivity index (χ0n) is 17.0. The summed E-state index contributed by atoms with van der Waals surface area (Å²) in [5.41, 5.74) is 1.25. The summed E-state index contributed by atoms with van der Waals surface area (Å²) >= 11 is 6.61. The third-order valence-electron chi connectivity index (χ3n) is 5.26. The highest BCUT2D eigenvalue weighted by atomic mass is 32.2. The van der Waals surface area contributed by atoms with Gasteiger partial charge in [0.2, 0.25) is 5.91 Å². The molecule has 2 amide bonds. The molecule has 6 nitrogen and oxygen atoms in total. The second kappa shape index (κ2) is 10.7. The second-order valence-corrected chi connectivity index (χ2v) is 9.13. The van der Waals surface area contributed by atoms with E-state index in [4.69, 9.17) is 12.2 Å². The van der Waals surface area contributed by atoms with Crippen molar-refractivity contribution in [2.75, 3.05) is 13.7 Å². The Morgan fingerprint density at radius 1 is 1.23 bits per heavy atom. The molecule has 1 saturated carbocycles. The number of ether oxygens (including phenoxy) is 1. The van der Waals surface area contributed by atoms with E-state index in [2.05, 4.69) is 10.1 Å². The van der Waals surface area contributed by atoms with E-state index in [1.54, 1.807) is 35.2 Å². The van der Waals surface area contributed by atoms with E-state index >= 15 is 0 Å². The zero-order chi connectivity index (χ0) is 21.5. The lowest BCUT2D eigenvalue weighted by Gasteiger charge is -2.23. The third kappa shape index (κ3) is 5.92. The lowest BCUT2D eigenvalue weighted by molar-refractivity contribution is -0.124. The highest BCUT2D eigenvalue weighted by molar-refractivity contribution is 8.26. The zero-order valence-corrected chi connectivity index (χ0v) is 18.7. The van der Waals surface area contributed by atoms with Gasteiger partial charge in [-0.05, 0) is 43.0 Å². The molecule has 160 valence electrons. The van der Waals surface area contributed by atoms with Gasteiger partial charge in [-0.25, -0.2) is 4.79 Å². The number of hydrogen-bond acceptors (Lipinski definition) is 6. The van der Waals surface area contributed by atoms with Crippen molar-refractivity contribution in [3.05, 3.63) is 40.3 Å². The molecule has 2 aliphatic rings. The van der Waals surface area contributed by atoms with Gasteiger partial charge in [0.15, 0.2) is 0 Å². The van der Waals surface area contributed by atoms with E-state index in [1.807, 2.05) is 0 Å². The molecule has 1 aliphatic heterocycles. The first-order valence-electron chi connectivity index (χ1n) is 10.2. The Morgan fingerprint density at radius 3 is 2.60 bits per heavy atom. The Kier molecular flexibility index (Phi) is 8.04. The van der Waals surface area contributed by atoms with Crippen LogP contribution in [0.3, 0.4) is 0 Å². The van der Waals surface area contributed by atoms with Gasteiger partial charge in [0.25, 0.3) is 5.91 Å². The topological polar surface area (TPSA) is 75.7 Å². The minimum Gasteiger partial charge on any atom is -0.465 e. The SMILES string of the molecule is COC(=O)c1ccc(C=C2SC(=S)N(CCCC(=O)NC3CCCCC3)C2=O)cc1. The maximum absolute atomic E-state index is 12.7. The highest BCUT2D eigenvalue weighted by Crippen LogP contribution is 2.32. The molecule has 2 fully saturated rings. The lowest BCUT2D eigenvalue weighted by Crippen LogP contribution is -2.36. The largest absolute Gasteiger partial charge is 0.465 e. The number of nitrogens with one attached hydrogen (secondary N) is 1. The van der Waals surface area contributed by atoms with Gasteiger partial charge >= 0.3 is 5.97 Å². The molecule has 0 radical (unpaired) electrons. The highest BCUT2D eigenvalue weighted by Gasteiger charge is 2.31. The first-order valence-corrected chi connectivity index (χ1v) is 11.4. The molecule has 1 N–H and O–H groups in total. The van der Waals surface area contributed by atoms with E-state index in [0.717, 1.165) is 18.4 Å². The lowest BCUT2D eigenvalue weighted by atomic mass is 9.95. The van der Waals surface area contributed by atoms with Gasteiger partial charge in [-0.15, -0.1) is 0 Å². The van der Waals surface area contributed by atoms with Gasteiger partial charge in [0, 0.05) is 19.0 Å². The third-order valence-corrected chi connectivity index (χ3v) is 6.64. The van der Waals surface area contributed by atoms with Crippen molar-refractivity contribution < 1.29 is 19.1 Å². The van der Waals surface area contributed by atoms with Crippen molar-refractivity contribution in [2.24, 2.45) is 0 Å². The first-order chi connectivity index (χ1) is 14.5. The Morgan fingerprint density at radius 2 is 1.93 bits per heavy atom. The number of hydrogen-bond donors (Lipinski definition) is 1. The van der Waals surface area contributed by atoms with Gasteiger partial charge in [-0.2, -0.15) is 0 Å². The summed E-state index contributed by atoms with van der Waals surface area (Å²) in [6.07, 6.45) is 8.46. The van der Waals surface area contributed by atoms with Crippen LogP contribution in [0.15, 0.2) is 29.2 Å². The number of nitrogens with zero attached hydrogens (tertiary/aromatic N) is 1. The van der Waals surface area contributed by atoms with Crippen molar-refractivity contribution >= 4 is 52.2 Å². The van der Waals surface area contributed by atoms with Crippen molar-refractivity contribution in [1.29, 1.82) is 0 Å². The molecule has 1 aliphatic carbocycles. The first kappa shape index (κ1) is 22.5. The molecular weight excluding hydrogens is 420 g/mol. The fourth-order valence-electron chi connectivity index (χ4n) is 3.62. The van der Waals surface area contributed by atoms with Crippen LogP contribution in [0, 0.1) is 0 Å². The van der Waals surface area contributed by atoms with E-state index in [-0.39, 0.29) is 11.8 Å². The van der Waals surface area contributed by atoms with E-state index in [1.165, 1.54) is 38.1 Å². The summed E-state index contributed by atoms with van der Waals surface area (Å²) in [6.45, 7) is 0.432. The molecule has 0 aromatic heterocycles. The standard InChI is InChI=1S/C22H26N2O4S2/c1-28-21(27)16-11-9-15(10-12-16)14-18-20(26)24(22(29)30-18)13-5-8-19(25)23-17-6-3-2-4-7-17/h9-12,14,17H,2-8,13H2,1H3,(H,23,25). The molecule has 1 heterocycles. The number of amides is 2. The molecular formula is C22H26N2O4S2. The van der Waals surface area contributed by atoms with Gasteiger partial charge in [0.05, 0.1) is 17.6 Å². The Labute approximate surface area is 186 Å². The minimum atomic E-state index is -0.402. The van der Waals surface area contributed by atoms with Crippen LogP contribution in [0.4, 0.5) is 0 Å². The van der Waals surface area contributed by atoms with Crippen molar-refractivity contribution in [1.82, 2.24) is 10.2 Å². The quantitative estimate of drug-likeness (QED) is 0.389. The van der Waals surface area contributed by atoms with Gasteiger partial charge in [-0.3, -0.25) is 14.5 Å². The molecule has 0 unspecified atom stereocenters. The average Bonchev–Trinajstić information content (AvgIpc) is 3.01. The van der Waals surface area contributed by atoms with Crippen LogP contribution in [-0.2, 0) is 14.3 Å². The summed E-state index contributed by atoms with van der Waals surface area (Å²) in [7, 11) is 1.33. The molecule has 30 heavy (non-hydrogen) atoms. The fourth-order valence-corrected chi connectivity index (χ4v) is 4.93. The van der Waals surface area contributed by atoms with Crippen LogP contribution in [0.5, 0.6) is 0 Å². The number of carbonyl (C=O) groups excluding carboxylic acids is 3. The number of methoxy groups -OCH3 is 1. The van der Waals surface area contributed by atoms with E-state index in [9.17, 15) is 14.4 Å². The molecule has 3 rings (SSSR count). The van der Waals surface area contributed by atoms with E-state index < -0.39 is 5.97 Å². The smallest absolute Gasteiger partial charge is 0.337 e. The number of rotatable bonds is 7. The van der Waals surface area contributed by atoms with Crippen LogP contribution in [0.1, 0.15) is 60.9 Å². The predicted octanol–water partition coefficient (Wildman–Crippen LogP) is 3.90. The number of carbonyl (C=O) groups is 3. The summed E-state index contributed by atoms with van der Waals surface area (Å²) in [4.78, 5) is 38.5. The van der Waals surface area contributed by atoms with Crippen LogP contribution in [0.25, 0.3) is 6.08 Å². The number of benzene rings is 1. The van der Waals surface area contributed by atoms with Crippen LogP contribution < -0.4 is 5.32 Å². The van der Waals surface area contributed by atoms with E-state index in [0.29, 0.717) is 40.2 Å². The predicted molar refractivity (Wildman–Crippen MR) is 122 cm³/mol. The fraction of sp³-hybridized carbons (Fsp3) is 0.455.